The molecule has 1 aromatic rings. The van der Waals surface area contributed by atoms with Gasteiger partial charge in [-0.05, 0) is 23.6 Å². The number of hydrogen-bond donors (Lipinski definition) is 0. The Hall–Kier alpha value is -1.37. The second-order valence-electron chi connectivity index (χ2n) is 3.37. The summed E-state index contributed by atoms with van der Waals surface area (Å²) in [4.78, 5) is 0. The van der Waals surface area contributed by atoms with Crippen LogP contribution in [0.15, 0.2) is 36.4 Å². The first kappa shape index (κ1) is 9.20. The van der Waals surface area contributed by atoms with E-state index in [1.165, 1.54) is 11.1 Å². The van der Waals surface area contributed by atoms with Crippen LogP contribution < -0.4 is 0 Å². The Bertz CT molecular complexity index is 363. The summed E-state index contributed by atoms with van der Waals surface area (Å²) in [6, 6.07) is 9.21. The number of allylic oxidation sites excluding steroid dienone is 3. The molecular weight excluding hydrogens is 175 g/mol. The fourth-order valence-electron chi connectivity index (χ4n) is 1.76. The Labute approximate surface area is 83.8 Å². The van der Waals surface area contributed by atoms with Crippen molar-refractivity contribution in [2.24, 2.45) is 0 Å². The molecule has 1 aliphatic rings. The first-order valence-corrected chi connectivity index (χ1v) is 4.81. The first-order chi connectivity index (χ1) is 6.92. The van der Waals surface area contributed by atoms with Crippen molar-refractivity contribution in [2.45, 2.75) is 12.3 Å². The number of alkyl halides is 1. The van der Waals surface area contributed by atoms with Crippen LogP contribution in [0.3, 0.4) is 0 Å². The summed E-state index contributed by atoms with van der Waals surface area (Å²) >= 11 is 0. The molecule has 0 bridgehead atoms. The summed E-state index contributed by atoms with van der Waals surface area (Å²) in [6.45, 7) is -0.371. The van der Waals surface area contributed by atoms with Gasteiger partial charge in [0.25, 0.3) is 0 Å². The molecule has 1 heteroatoms. The summed E-state index contributed by atoms with van der Waals surface area (Å²) in [5.41, 5.74) is 2.47. The minimum atomic E-state index is -0.371. The third-order valence-corrected chi connectivity index (χ3v) is 2.46. The molecule has 1 aromatic carbocycles. The van der Waals surface area contributed by atoms with Gasteiger partial charge in [-0.2, -0.15) is 0 Å². The van der Waals surface area contributed by atoms with Crippen LogP contribution in [0.1, 0.15) is 23.5 Å². The fourth-order valence-corrected chi connectivity index (χ4v) is 1.76. The zero-order chi connectivity index (χ0) is 9.80. The summed E-state index contributed by atoms with van der Waals surface area (Å²) in [5.74, 6) is 0.408. The number of rotatable bonds is 3. The van der Waals surface area contributed by atoms with Crippen molar-refractivity contribution in [3.05, 3.63) is 53.6 Å². The molecule has 0 nitrogen and oxygen atoms in total. The molecule has 0 aromatic heterocycles. The molecular formula is C13H12F. The normalized spacial score (nSPS) is 19.1. The number of benzene rings is 1. The molecule has 0 fully saturated rings. The quantitative estimate of drug-likeness (QED) is 0.635. The van der Waals surface area contributed by atoms with Gasteiger partial charge < -0.3 is 0 Å². The van der Waals surface area contributed by atoms with E-state index in [-0.39, 0.29) is 6.67 Å². The van der Waals surface area contributed by atoms with Crippen LogP contribution in [0.2, 0.25) is 0 Å². The highest BCUT2D eigenvalue weighted by molar-refractivity contribution is 5.61. The van der Waals surface area contributed by atoms with E-state index in [0.717, 1.165) is 6.42 Å². The van der Waals surface area contributed by atoms with Crippen molar-refractivity contribution in [3.63, 3.8) is 0 Å². The minimum Gasteiger partial charge on any atom is -0.247 e. The zero-order valence-corrected chi connectivity index (χ0v) is 7.91. The van der Waals surface area contributed by atoms with Crippen molar-refractivity contribution in [2.75, 3.05) is 6.67 Å². The highest BCUT2D eigenvalue weighted by atomic mass is 19.1. The molecule has 1 aliphatic carbocycles. The number of fused-ring (bicyclic) bond motifs is 1. The van der Waals surface area contributed by atoms with E-state index in [9.17, 15) is 4.39 Å². The molecule has 0 aliphatic heterocycles. The van der Waals surface area contributed by atoms with Crippen LogP contribution in [0.25, 0.3) is 6.08 Å². The standard InChI is InChI=1S/C13H12F/c14-10-4-3-6-12-9-8-11-5-1-2-7-13(11)12/h1-4,7-9,12H,6,10H2. The van der Waals surface area contributed by atoms with E-state index in [4.69, 9.17) is 0 Å². The maximum atomic E-state index is 11.9. The van der Waals surface area contributed by atoms with Crippen LogP contribution >= 0.6 is 0 Å². The Kier molecular flexibility index (Phi) is 2.78. The molecule has 1 atom stereocenters. The first-order valence-electron chi connectivity index (χ1n) is 4.81. The summed E-state index contributed by atoms with van der Waals surface area (Å²) in [5, 5.41) is 0. The molecule has 2 rings (SSSR count). The molecule has 14 heavy (non-hydrogen) atoms. The molecule has 0 amide bonds. The lowest BCUT2D eigenvalue weighted by atomic mass is 9.97. The average Bonchev–Trinajstić information content (AvgIpc) is 2.63. The highest BCUT2D eigenvalue weighted by Crippen LogP contribution is 2.31. The third-order valence-electron chi connectivity index (χ3n) is 2.46. The maximum absolute atomic E-state index is 11.9. The maximum Gasteiger partial charge on any atom is 0.108 e. The predicted octanol–water partition coefficient (Wildman–Crippen LogP) is 3.51. The smallest absolute Gasteiger partial charge is 0.108 e. The molecule has 0 heterocycles. The molecule has 1 unspecified atom stereocenters. The fraction of sp³-hybridized carbons (Fsp3) is 0.231. The minimum absolute atomic E-state index is 0.371. The SMILES string of the molecule is FCC=CCC1C=Cc2[c]cccc21. The van der Waals surface area contributed by atoms with Crippen molar-refractivity contribution in [1.29, 1.82) is 0 Å². The monoisotopic (exact) mass is 187 g/mol. The van der Waals surface area contributed by atoms with E-state index in [2.05, 4.69) is 24.3 Å². The van der Waals surface area contributed by atoms with Gasteiger partial charge in [-0.1, -0.05) is 42.5 Å². The van der Waals surface area contributed by atoms with Crippen molar-refractivity contribution < 1.29 is 4.39 Å². The van der Waals surface area contributed by atoms with E-state index in [0.29, 0.717) is 5.92 Å². The van der Waals surface area contributed by atoms with Gasteiger partial charge in [-0.25, -0.2) is 4.39 Å². The van der Waals surface area contributed by atoms with Crippen LogP contribution in [-0.2, 0) is 0 Å². The van der Waals surface area contributed by atoms with Crippen molar-refractivity contribution in [1.82, 2.24) is 0 Å². The van der Waals surface area contributed by atoms with Gasteiger partial charge in [-0.3, -0.25) is 0 Å². The van der Waals surface area contributed by atoms with Gasteiger partial charge in [0, 0.05) is 5.92 Å². The van der Waals surface area contributed by atoms with E-state index >= 15 is 0 Å². The molecule has 0 N–H and O–H groups in total. The van der Waals surface area contributed by atoms with Crippen LogP contribution in [-0.4, -0.2) is 6.67 Å². The van der Waals surface area contributed by atoms with Gasteiger partial charge in [-0.15, -0.1) is 0 Å². The summed E-state index contributed by atoms with van der Waals surface area (Å²) < 4.78 is 11.9. The van der Waals surface area contributed by atoms with Crippen LogP contribution in [0, 0.1) is 6.07 Å². The summed E-state index contributed by atoms with van der Waals surface area (Å²) in [6.07, 6.45) is 8.59. The van der Waals surface area contributed by atoms with Crippen LogP contribution in [0.4, 0.5) is 4.39 Å². The largest absolute Gasteiger partial charge is 0.247 e. The van der Waals surface area contributed by atoms with Gasteiger partial charge in [0.2, 0.25) is 0 Å². The second-order valence-corrected chi connectivity index (χ2v) is 3.37. The lowest BCUT2D eigenvalue weighted by Gasteiger charge is -2.06. The van der Waals surface area contributed by atoms with Gasteiger partial charge in [0.15, 0.2) is 0 Å². The Morgan fingerprint density at radius 1 is 1.43 bits per heavy atom. The van der Waals surface area contributed by atoms with Gasteiger partial charge in [0.1, 0.15) is 6.67 Å². The Morgan fingerprint density at radius 2 is 2.36 bits per heavy atom. The van der Waals surface area contributed by atoms with Crippen molar-refractivity contribution in [3.8, 4) is 0 Å². The van der Waals surface area contributed by atoms with E-state index in [1.54, 1.807) is 6.08 Å². The van der Waals surface area contributed by atoms with E-state index < -0.39 is 0 Å². The molecule has 71 valence electrons. The average molecular weight is 187 g/mol. The second kappa shape index (κ2) is 4.23. The number of hydrogen-bond acceptors (Lipinski definition) is 0. The highest BCUT2D eigenvalue weighted by Gasteiger charge is 2.14. The molecule has 1 radical (unpaired) electrons. The zero-order valence-electron chi connectivity index (χ0n) is 7.91. The lowest BCUT2D eigenvalue weighted by Crippen LogP contribution is -1.90. The van der Waals surface area contributed by atoms with Crippen molar-refractivity contribution >= 4 is 6.08 Å². The van der Waals surface area contributed by atoms with Crippen LogP contribution in [0.5, 0.6) is 0 Å². The predicted molar refractivity (Wildman–Crippen MR) is 56.8 cm³/mol. The topological polar surface area (TPSA) is 0 Å². The number of halogens is 1. The summed E-state index contributed by atoms with van der Waals surface area (Å²) in [7, 11) is 0. The lowest BCUT2D eigenvalue weighted by molar-refractivity contribution is 0.560. The van der Waals surface area contributed by atoms with Gasteiger partial charge >= 0.3 is 0 Å². The van der Waals surface area contributed by atoms with E-state index in [1.807, 2.05) is 18.2 Å². The van der Waals surface area contributed by atoms with Gasteiger partial charge in [0.05, 0.1) is 0 Å². The Morgan fingerprint density at radius 3 is 3.21 bits per heavy atom. The Balaban J connectivity index is 2.11. The third kappa shape index (κ3) is 1.77. The molecule has 0 saturated carbocycles. The molecule has 0 spiro atoms. The molecule has 0 saturated heterocycles.